The number of aromatic amines is 1. The van der Waals surface area contributed by atoms with Gasteiger partial charge in [0.1, 0.15) is 0 Å². The molecule has 96 valence electrons. The Morgan fingerprint density at radius 3 is 2.67 bits per heavy atom. The number of aromatic nitrogens is 1. The van der Waals surface area contributed by atoms with E-state index < -0.39 is 10.0 Å². The van der Waals surface area contributed by atoms with Crippen LogP contribution in [-0.4, -0.2) is 13.4 Å². The molecule has 1 heterocycles. The molecule has 2 aromatic rings. The van der Waals surface area contributed by atoms with E-state index in [1.54, 1.807) is 6.07 Å². The molecule has 0 aliphatic rings. The number of primary sulfonamides is 1. The van der Waals surface area contributed by atoms with Crippen LogP contribution in [0.15, 0.2) is 45.9 Å². The van der Waals surface area contributed by atoms with Gasteiger partial charge in [-0.25, -0.2) is 13.6 Å². The summed E-state index contributed by atoms with van der Waals surface area (Å²) in [5, 5.41) is 8.23. The Morgan fingerprint density at radius 2 is 2.11 bits per heavy atom. The minimum atomic E-state index is -3.66. The highest BCUT2D eigenvalue weighted by Gasteiger charge is 2.10. The Labute approximate surface area is 114 Å². The molecule has 1 aromatic carbocycles. The predicted octanol–water partition coefficient (Wildman–Crippen LogP) is 2.04. The van der Waals surface area contributed by atoms with E-state index in [2.05, 4.69) is 26.2 Å². The van der Waals surface area contributed by atoms with Crippen molar-refractivity contribution in [1.82, 2.24) is 4.98 Å². The highest BCUT2D eigenvalue weighted by molar-refractivity contribution is 9.10. The summed E-state index contributed by atoms with van der Waals surface area (Å²) < 4.78 is 23.0. The number of hydrogen-bond acceptors (Lipinski definition) is 3. The van der Waals surface area contributed by atoms with Gasteiger partial charge in [-0.1, -0.05) is 0 Å². The topological polar surface area (TPSA) is 88.0 Å². The van der Waals surface area contributed by atoms with Crippen LogP contribution in [0.3, 0.4) is 0 Å². The monoisotopic (exact) mass is 329 g/mol. The number of hydrogen-bond donors (Lipinski definition) is 3. The highest BCUT2D eigenvalue weighted by Crippen LogP contribution is 2.25. The summed E-state index contributed by atoms with van der Waals surface area (Å²) in [6, 6.07) is 8.49. The number of anilines is 1. The summed E-state index contributed by atoms with van der Waals surface area (Å²) in [7, 11) is -3.66. The third-order valence-corrected chi connectivity index (χ3v) is 3.97. The Morgan fingerprint density at radius 1 is 1.33 bits per heavy atom. The lowest BCUT2D eigenvalue weighted by molar-refractivity contribution is 0.598. The largest absolute Gasteiger partial charge is 0.379 e. The van der Waals surface area contributed by atoms with E-state index in [9.17, 15) is 8.42 Å². The Kier molecular flexibility index (Phi) is 3.74. The predicted molar refractivity (Wildman–Crippen MR) is 73.6 cm³/mol. The van der Waals surface area contributed by atoms with Gasteiger partial charge in [-0.2, -0.15) is 0 Å². The normalized spacial score (nSPS) is 11.4. The second-order valence-electron chi connectivity index (χ2n) is 3.74. The van der Waals surface area contributed by atoms with E-state index in [1.807, 2.05) is 18.3 Å². The number of rotatable bonds is 4. The number of nitrogens with two attached hydrogens (primary N) is 1. The lowest BCUT2D eigenvalue weighted by Crippen LogP contribution is -2.12. The molecule has 0 aliphatic carbocycles. The Bertz CT molecular complexity index is 638. The van der Waals surface area contributed by atoms with Crippen LogP contribution in [0.5, 0.6) is 0 Å². The van der Waals surface area contributed by atoms with Gasteiger partial charge in [0.2, 0.25) is 10.0 Å². The van der Waals surface area contributed by atoms with Crippen LogP contribution >= 0.6 is 15.9 Å². The van der Waals surface area contributed by atoms with Gasteiger partial charge in [-0.3, -0.25) is 0 Å². The molecule has 0 bridgehead atoms. The van der Waals surface area contributed by atoms with Crippen LogP contribution in [0.2, 0.25) is 0 Å². The van der Waals surface area contributed by atoms with Crippen molar-refractivity contribution < 1.29 is 8.42 Å². The number of sulfonamides is 1. The highest BCUT2D eigenvalue weighted by atomic mass is 79.9. The van der Waals surface area contributed by atoms with Gasteiger partial charge in [0.25, 0.3) is 0 Å². The zero-order valence-electron chi connectivity index (χ0n) is 9.35. The first-order valence-corrected chi connectivity index (χ1v) is 7.49. The number of halogens is 1. The average Bonchev–Trinajstić information content (AvgIpc) is 2.79. The van der Waals surface area contributed by atoms with Crippen molar-refractivity contribution >= 4 is 31.6 Å². The molecule has 0 spiro atoms. The van der Waals surface area contributed by atoms with Gasteiger partial charge < -0.3 is 10.3 Å². The van der Waals surface area contributed by atoms with E-state index in [0.717, 1.165) is 11.4 Å². The van der Waals surface area contributed by atoms with Crippen LogP contribution in [0.1, 0.15) is 5.69 Å². The zero-order chi connectivity index (χ0) is 13.2. The third-order valence-electron chi connectivity index (χ3n) is 2.40. The molecule has 7 heteroatoms. The van der Waals surface area contributed by atoms with Crippen molar-refractivity contribution in [1.29, 1.82) is 0 Å². The second-order valence-corrected chi connectivity index (χ2v) is 6.15. The molecular formula is C11H12BrN3O2S. The molecule has 0 saturated carbocycles. The smallest absolute Gasteiger partial charge is 0.238 e. The molecule has 1 aromatic heterocycles. The van der Waals surface area contributed by atoms with Crippen LogP contribution in [0, 0.1) is 0 Å². The van der Waals surface area contributed by atoms with Crippen LogP contribution in [0.25, 0.3) is 0 Å². The minimum absolute atomic E-state index is 0.0831. The Balaban J connectivity index is 2.15. The fourth-order valence-electron chi connectivity index (χ4n) is 1.48. The summed E-state index contributed by atoms with van der Waals surface area (Å²) in [6.07, 6.45) is 1.84. The van der Waals surface area contributed by atoms with Gasteiger partial charge >= 0.3 is 0 Å². The van der Waals surface area contributed by atoms with E-state index in [0.29, 0.717) is 11.0 Å². The molecule has 2 rings (SSSR count). The first-order valence-electron chi connectivity index (χ1n) is 5.15. The third kappa shape index (κ3) is 3.12. The Hall–Kier alpha value is -1.31. The van der Waals surface area contributed by atoms with Crippen molar-refractivity contribution in [2.75, 3.05) is 5.32 Å². The fourth-order valence-corrected chi connectivity index (χ4v) is 2.69. The van der Waals surface area contributed by atoms with Gasteiger partial charge in [-0.15, -0.1) is 0 Å². The lowest BCUT2D eigenvalue weighted by Gasteiger charge is -2.08. The number of nitrogens with one attached hydrogen (secondary N) is 2. The van der Waals surface area contributed by atoms with E-state index in [1.165, 1.54) is 12.1 Å². The molecule has 0 unspecified atom stereocenters. The van der Waals surface area contributed by atoms with Crippen LogP contribution in [-0.2, 0) is 16.6 Å². The molecule has 18 heavy (non-hydrogen) atoms. The summed E-state index contributed by atoms with van der Waals surface area (Å²) in [5.41, 5.74) is 1.84. The van der Waals surface area contributed by atoms with Gasteiger partial charge in [0, 0.05) is 22.1 Å². The van der Waals surface area contributed by atoms with E-state index >= 15 is 0 Å². The summed E-state index contributed by atoms with van der Waals surface area (Å²) in [5.74, 6) is 0. The van der Waals surface area contributed by atoms with Crippen molar-refractivity contribution in [3.05, 3.63) is 46.7 Å². The first-order chi connectivity index (χ1) is 8.47. The molecule has 5 nitrogen and oxygen atoms in total. The van der Waals surface area contributed by atoms with Crippen LogP contribution in [0.4, 0.5) is 5.69 Å². The average molecular weight is 330 g/mol. The number of H-pyrrole nitrogens is 1. The number of benzene rings is 1. The van der Waals surface area contributed by atoms with Gasteiger partial charge in [0.15, 0.2) is 0 Å². The van der Waals surface area contributed by atoms with E-state index in [-0.39, 0.29) is 4.90 Å². The standard InChI is InChI=1S/C11H12BrN3O2S/c12-10-6-9(18(13,16)17)3-4-11(10)15-7-8-2-1-5-14-8/h1-6,14-15H,7H2,(H2,13,16,17). The van der Waals surface area contributed by atoms with Gasteiger partial charge in [0.05, 0.1) is 11.4 Å². The molecule has 0 amide bonds. The van der Waals surface area contributed by atoms with E-state index in [4.69, 9.17) is 5.14 Å². The molecule has 4 N–H and O–H groups in total. The maximum atomic E-state index is 11.2. The van der Waals surface area contributed by atoms with Crippen molar-refractivity contribution in [2.24, 2.45) is 5.14 Å². The summed E-state index contributed by atoms with van der Waals surface area (Å²) in [4.78, 5) is 3.15. The van der Waals surface area contributed by atoms with Gasteiger partial charge in [-0.05, 0) is 46.3 Å². The molecule has 0 fully saturated rings. The quantitative estimate of drug-likeness (QED) is 0.801. The maximum absolute atomic E-state index is 11.2. The van der Waals surface area contributed by atoms with Crippen molar-refractivity contribution in [2.45, 2.75) is 11.4 Å². The summed E-state index contributed by atoms with van der Waals surface area (Å²) in [6.45, 7) is 0.625. The molecule has 0 radical (unpaired) electrons. The second kappa shape index (κ2) is 5.13. The van der Waals surface area contributed by atoms with Crippen LogP contribution < -0.4 is 10.5 Å². The lowest BCUT2D eigenvalue weighted by atomic mass is 10.3. The zero-order valence-corrected chi connectivity index (χ0v) is 11.8. The fraction of sp³-hybridized carbons (Fsp3) is 0.0909. The van der Waals surface area contributed by atoms with Crippen molar-refractivity contribution in [3.63, 3.8) is 0 Å². The maximum Gasteiger partial charge on any atom is 0.238 e. The SMILES string of the molecule is NS(=O)(=O)c1ccc(NCc2ccc[nH]2)c(Br)c1. The molecule has 0 aliphatic heterocycles. The van der Waals surface area contributed by atoms with Crippen molar-refractivity contribution in [3.8, 4) is 0 Å². The summed E-state index contributed by atoms with van der Waals surface area (Å²) >= 11 is 3.31. The molecular weight excluding hydrogens is 318 g/mol. The molecule has 0 atom stereocenters. The minimum Gasteiger partial charge on any atom is -0.379 e. The first kappa shape index (κ1) is 13.1. The molecule has 0 saturated heterocycles.